The number of rotatable bonds is 4. The van der Waals surface area contributed by atoms with Crippen LogP contribution in [0.2, 0.25) is 0 Å². The lowest BCUT2D eigenvalue weighted by Gasteiger charge is -2.02. The number of nitrogens with zero attached hydrogens (tertiary/aromatic N) is 1. The molecule has 0 fully saturated rings. The van der Waals surface area contributed by atoms with Gasteiger partial charge in [-0.25, -0.2) is 9.78 Å². The number of thiophene rings is 1. The SMILES string of the molecule is Cc1cc(=O)c(C(=O)OCc2cnc(-c3cccs3)o2)c[nH]1. The Morgan fingerprint density at radius 1 is 1.50 bits per heavy atom. The van der Waals surface area contributed by atoms with E-state index in [0.717, 1.165) is 4.88 Å². The summed E-state index contributed by atoms with van der Waals surface area (Å²) in [6.45, 7) is 1.65. The van der Waals surface area contributed by atoms with Crippen molar-refractivity contribution in [2.75, 3.05) is 0 Å². The Hall–Kier alpha value is -2.67. The number of aromatic amines is 1. The van der Waals surface area contributed by atoms with Crippen LogP contribution in [-0.4, -0.2) is 15.9 Å². The van der Waals surface area contributed by atoms with Crippen molar-refractivity contribution in [3.63, 3.8) is 0 Å². The predicted octanol–water partition coefficient (Wildman–Crippen LogP) is 2.76. The van der Waals surface area contributed by atoms with Crippen LogP contribution in [0.1, 0.15) is 21.8 Å². The largest absolute Gasteiger partial charge is 0.454 e. The fourth-order valence-corrected chi connectivity index (χ4v) is 2.49. The number of nitrogens with one attached hydrogen (secondary N) is 1. The van der Waals surface area contributed by atoms with Crippen LogP contribution in [-0.2, 0) is 11.3 Å². The summed E-state index contributed by atoms with van der Waals surface area (Å²) in [5, 5.41) is 1.92. The van der Waals surface area contributed by atoms with E-state index in [1.165, 1.54) is 29.8 Å². The minimum atomic E-state index is -0.699. The van der Waals surface area contributed by atoms with Crippen molar-refractivity contribution in [1.29, 1.82) is 0 Å². The van der Waals surface area contributed by atoms with Gasteiger partial charge in [-0.2, -0.15) is 0 Å². The van der Waals surface area contributed by atoms with Crippen molar-refractivity contribution >= 4 is 17.3 Å². The average molecular weight is 316 g/mol. The van der Waals surface area contributed by atoms with Gasteiger partial charge in [-0.05, 0) is 18.4 Å². The van der Waals surface area contributed by atoms with E-state index in [9.17, 15) is 9.59 Å². The molecular weight excluding hydrogens is 304 g/mol. The fraction of sp³-hybridized carbons (Fsp3) is 0.133. The van der Waals surface area contributed by atoms with Crippen LogP contribution in [0, 0.1) is 6.92 Å². The highest BCUT2D eigenvalue weighted by molar-refractivity contribution is 7.13. The molecule has 0 radical (unpaired) electrons. The molecule has 0 bridgehead atoms. The van der Waals surface area contributed by atoms with Gasteiger partial charge in [-0.15, -0.1) is 11.3 Å². The first kappa shape index (κ1) is 14.3. The van der Waals surface area contributed by atoms with Gasteiger partial charge >= 0.3 is 5.97 Å². The van der Waals surface area contributed by atoms with Crippen molar-refractivity contribution in [1.82, 2.24) is 9.97 Å². The quantitative estimate of drug-likeness (QED) is 0.748. The van der Waals surface area contributed by atoms with E-state index in [2.05, 4.69) is 9.97 Å². The van der Waals surface area contributed by atoms with Crippen LogP contribution in [0.5, 0.6) is 0 Å². The zero-order valence-corrected chi connectivity index (χ0v) is 12.5. The Balaban J connectivity index is 1.67. The summed E-state index contributed by atoms with van der Waals surface area (Å²) in [6, 6.07) is 5.13. The van der Waals surface area contributed by atoms with Crippen LogP contribution in [0.15, 0.2) is 45.2 Å². The number of ether oxygens (including phenoxy) is 1. The Labute approximate surface area is 129 Å². The highest BCUT2D eigenvalue weighted by atomic mass is 32.1. The Morgan fingerprint density at radius 3 is 3.09 bits per heavy atom. The summed E-state index contributed by atoms with van der Waals surface area (Å²) in [6.07, 6.45) is 2.85. The molecule has 1 N–H and O–H groups in total. The molecule has 3 aromatic heterocycles. The van der Waals surface area contributed by atoms with E-state index in [0.29, 0.717) is 17.3 Å². The van der Waals surface area contributed by atoms with E-state index in [-0.39, 0.29) is 17.6 Å². The van der Waals surface area contributed by atoms with Gasteiger partial charge in [0.25, 0.3) is 0 Å². The number of pyridine rings is 1. The third-order valence-electron chi connectivity index (χ3n) is 2.91. The maximum atomic E-state index is 11.9. The van der Waals surface area contributed by atoms with Crippen LogP contribution < -0.4 is 5.43 Å². The summed E-state index contributed by atoms with van der Waals surface area (Å²) in [4.78, 5) is 31.4. The van der Waals surface area contributed by atoms with Crippen molar-refractivity contribution in [3.8, 4) is 10.8 Å². The molecule has 0 unspecified atom stereocenters. The van der Waals surface area contributed by atoms with Crippen molar-refractivity contribution < 1.29 is 13.9 Å². The number of H-pyrrole nitrogens is 1. The molecule has 0 amide bonds. The minimum absolute atomic E-state index is 0.0383. The Kier molecular flexibility index (Phi) is 3.88. The molecule has 0 atom stereocenters. The molecule has 112 valence electrons. The van der Waals surface area contributed by atoms with Crippen LogP contribution in [0.25, 0.3) is 10.8 Å². The highest BCUT2D eigenvalue weighted by Crippen LogP contribution is 2.24. The lowest BCUT2D eigenvalue weighted by atomic mass is 10.2. The first-order valence-electron chi connectivity index (χ1n) is 6.48. The molecule has 3 heterocycles. The number of hydrogen-bond donors (Lipinski definition) is 1. The minimum Gasteiger partial charge on any atom is -0.454 e. The third kappa shape index (κ3) is 2.99. The summed E-state index contributed by atoms with van der Waals surface area (Å²) in [7, 11) is 0. The summed E-state index contributed by atoms with van der Waals surface area (Å²) in [5.74, 6) is 0.199. The molecule has 0 saturated carbocycles. The maximum Gasteiger partial charge on any atom is 0.344 e. The molecule has 0 aliphatic carbocycles. The molecule has 7 heteroatoms. The zero-order valence-electron chi connectivity index (χ0n) is 11.7. The van der Waals surface area contributed by atoms with E-state index < -0.39 is 5.97 Å². The monoisotopic (exact) mass is 316 g/mol. The topological polar surface area (TPSA) is 85.2 Å². The van der Waals surface area contributed by atoms with E-state index in [4.69, 9.17) is 9.15 Å². The lowest BCUT2D eigenvalue weighted by Crippen LogP contribution is -2.17. The zero-order chi connectivity index (χ0) is 15.5. The first-order chi connectivity index (χ1) is 10.6. The van der Waals surface area contributed by atoms with Crippen LogP contribution in [0.4, 0.5) is 0 Å². The second kappa shape index (κ2) is 5.98. The van der Waals surface area contributed by atoms with Gasteiger partial charge in [-0.1, -0.05) is 6.07 Å². The normalized spacial score (nSPS) is 10.6. The van der Waals surface area contributed by atoms with E-state index in [1.54, 1.807) is 6.92 Å². The third-order valence-corrected chi connectivity index (χ3v) is 3.77. The van der Waals surface area contributed by atoms with Gasteiger partial charge in [-0.3, -0.25) is 4.79 Å². The van der Waals surface area contributed by atoms with E-state index in [1.807, 2.05) is 17.5 Å². The molecule has 0 spiro atoms. The smallest absolute Gasteiger partial charge is 0.344 e. The molecule has 3 aromatic rings. The van der Waals surface area contributed by atoms with E-state index >= 15 is 0 Å². The number of carbonyl (C=O) groups is 1. The summed E-state index contributed by atoms with van der Waals surface area (Å²) in [5.41, 5.74) is 0.263. The molecular formula is C15H12N2O4S. The fourth-order valence-electron chi connectivity index (χ4n) is 1.84. The molecule has 3 rings (SSSR count). The maximum absolute atomic E-state index is 11.9. The average Bonchev–Trinajstić information content (AvgIpc) is 3.16. The molecule has 0 aliphatic heterocycles. The number of carbonyl (C=O) groups excluding carboxylic acids is 1. The van der Waals surface area contributed by atoms with Crippen LogP contribution in [0.3, 0.4) is 0 Å². The summed E-state index contributed by atoms with van der Waals surface area (Å²) < 4.78 is 10.6. The molecule has 22 heavy (non-hydrogen) atoms. The second-order valence-corrected chi connectivity index (χ2v) is 5.53. The number of aromatic nitrogens is 2. The number of esters is 1. The Bertz CT molecular complexity index is 849. The van der Waals surface area contributed by atoms with Gasteiger partial charge in [0.2, 0.25) is 5.89 Å². The molecule has 0 aromatic carbocycles. The molecule has 6 nitrogen and oxygen atoms in total. The van der Waals surface area contributed by atoms with Crippen molar-refractivity contribution in [2.24, 2.45) is 0 Å². The van der Waals surface area contributed by atoms with Crippen molar-refractivity contribution in [3.05, 3.63) is 63.2 Å². The van der Waals surface area contributed by atoms with Crippen molar-refractivity contribution in [2.45, 2.75) is 13.5 Å². The van der Waals surface area contributed by atoms with Gasteiger partial charge in [0.05, 0.1) is 11.1 Å². The number of oxazole rings is 1. The molecule has 0 saturated heterocycles. The predicted molar refractivity (Wildman–Crippen MR) is 80.7 cm³/mol. The molecule has 0 aliphatic rings. The lowest BCUT2D eigenvalue weighted by molar-refractivity contribution is 0.0444. The van der Waals surface area contributed by atoms with Gasteiger partial charge in [0, 0.05) is 18.0 Å². The summed E-state index contributed by atoms with van der Waals surface area (Å²) >= 11 is 1.50. The number of aryl methyl sites for hydroxylation is 1. The first-order valence-corrected chi connectivity index (χ1v) is 7.36. The van der Waals surface area contributed by atoms with Gasteiger partial charge in [0.15, 0.2) is 17.8 Å². The standard InChI is InChI=1S/C15H12N2O4S/c1-9-5-12(18)11(7-16-9)15(19)20-8-10-6-17-14(21-10)13-3-2-4-22-13/h2-7H,8H2,1H3,(H,16,18). The highest BCUT2D eigenvalue weighted by Gasteiger charge is 2.14. The van der Waals surface area contributed by atoms with Crippen LogP contribution >= 0.6 is 11.3 Å². The number of hydrogen-bond acceptors (Lipinski definition) is 6. The Morgan fingerprint density at radius 2 is 2.36 bits per heavy atom. The van der Waals surface area contributed by atoms with Gasteiger partial charge in [0.1, 0.15) is 5.56 Å². The second-order valence-electron chi connectivity index (χ2n) is 4.58. The van der Waals surface area contributed by atoms with Gasteiger partial charge < -0.3 is 14.1 Å².